The van der Waals surface area contributed by atoms with Crippen LogP contribution < -0.4 is 10.1 Å². The molecule has 3 nitrogen and oxygen atoms in total. The van der Waals surface area contributed by atoms with E-state index >= 15 is 0 Å². The van der Waals surface area contributed by atoms with Crippen LogP contribution in [0, 0.1) is 0 Å². The Bertz CT molecular complexity index is 433. The molecule has 0 aromatic heterocycles. The fourth-order valence-electron chi connectivity index (χ4n) is 1.30. The molecule has 0 aliphatic rings. The number of carbonyl (C=O) groups excluding carboxylic acids is 1. The molecule has 0 saturated heterocycles. The van der Waals surface area contributed by atoms with Gasteiger partial charge in [-0.1, -0.05) is 11.6 Å². The molecule has 100 valence electrons. The Morgan fingerprint density at radius 3 is 2.50 bits per heavy atom. The molecule has 0 spiro atoms. The van der Waals surface area contributed by atoms with E-state index in [1.807, 2.05) is 0 Å². The summed E-state index contributed by atoms with van der Waals surface area (Å²) in [6, 6.07) is 4.80. The fraction of sp³-hybridized carbons (Fsp3) is 0.417. The Morgan fingerprint density at radius 1 is 1.39 bits per heavy atom. The summed E-state index contributed by atoms with van der Waals surface area (Å²) < 4.78 is 5.12. The number of hydrogen-bond donors (Lipinski definition) is 1. The second kappa shape index (κ2) is 6.50. The van der Waals surface area contributed by atoms with Gasteiger partial charge >= 0.3 is 0 Å². The standard InChI is InChI=1S/C12H14Cl3NO2/c1-12(6-13,7-14)16-11(17)9-4-3-8(15)5-10(9)18-2/h3-5H,6-7H2,1-2H3,(H,16,17). The number of alkyl halides is 2. The average Bonchev–Trinajstić information content (AvgIpc) is 2.38. The molecule has 1 N–H and O–H groups in total. The second-order valence-corrected chi connectivity index (χ2v) is 5.10. The number of carbonyl (C=O) groups is 1. The molecule has 0 fully saturated rings. The van der Waals surface area contributed by atoms with Crippen LogP contribution >= 0.6 is 34.8 Å². The van der Waals surface area contributed by atoms with Gasteiger partial charge in [0.1, 0.15) is 5.75 Å². The second-order valence-electron chi connectivity index (χ2n) is 4.13. The lowest BCUT2D eigenvalue weighted by atomic mass is 10.1. The summed E-state index contributed by atoms with van der Waals surface area (Å²) in [6.07, 6.45) is 0. The number of ether oxygens (including phenoxy) is 1. The van der Waals surface area contributed by atoms with Crippen molar-refractivity contribution in [2.45, 2.75) is 12.5 Å². The summed E-state index contributed by atoms with van der Waals surface area (Å²) in [6.45, 7) is 1.77. The first-order chi connectivity index (χ1) is 8.45. The first-order valence-corrected chi connectivity index (χ1v) is 6.68. The van der Waals surface area contributed by atoms with E-state index < -0.39 is 5.54 Å². The van der Waals surface area contributed by atoms with Gasteiger partial charge in [0.05, 0.1) is 18.2 Å². The summed E-state index contributed by atoms with van der Waals surface area (Å²) >= 11 is 17.4. The van der Waals surface area contributed by atoms with Crippen molar-refractivity contribution in [2.75, 3.05) is 18.9 Å². The maximum Gasteiger partial charge on any atom is 0.255 e. The van der Waals surface area contributed by atoms with Crippen molar-refractivity contribution >= 4 is 40.7 Å². The fourth-order valence-corrected chi connectivity index (χ4v) is 1.88. The van der Waals surface area contributed by atoms with Crippen LogP contribution in [0.3, 0.4) is 0 Å². The van der Waals surface area contributed by atoms with Gasteiger partial charge in [-0.05, 0) is 25.1 Å². The molecule has 18 heavy (non-hydrogen) atoms. The van der Waals surface area contributed by atoms with Crippen LogP contribution in [-0.2, 0) is 0 Å². The Hall–Kier alpha value is -0.640. The lowest BCUT2D eigenvalue weighted by Crippen LogP contribution is -2.49. The van der Waals surface area contributed by atoms with E-state index in [1.165, 1.54) is 7.11 Å². The van der Waals surface area contributed by atoms with Crippen molar-refractivity contribution in [1.82, 2.24) is 5.32 Å². The normalized spacial score (nSPS) is 11.2. The highest BCUT2D eigenvalue weighted by molar-refractivity contribution is 6.30. The van der Waals surface area contributed by atoms with E-state index in [9.17, 15) is 4.79 Å². The van der Waals surface area contributed by atoms with Crippen molar-refractivity contribution in [1.29, 1.82) is 0 Å². The Labute approximate surface area is 121 Å². The lowest BCUT2D eigenvalue weighted by molar-refractivity contribution is 0.0918. The monoisotopic (exact) mass is 309 g/mol. The number of halogens is 3. The highest BCUT2D eigenvalue weighted by Crippen LogP contribution is 2.23. The number of nitrogens with one attached hydrogen (secondary N) is 1. The summed E-state index contributed by atoms with van der Waals surface area (Å²) in [5.74, 6) is 0.551. The maximum absolute atomic E-state index is 12.1. The van der Waals surface area contributed by atoms with Gasteiger partial charge in [0.2, 0.25) is 0 Å². The van der Waals surface area contributed by atoms with Gasteiger partial charge in [-0.15, -0.1) is 23.2 Å². The minimum Gasteiger partial charge on any atom is -0.496 e. The zero-order chi connectivity index (χ0) is 13.8. The molecule has 0 aliphatic heterocycles. The van der Waals surface area contributed by atoms with Crippen LogP contribution in [0.1, 0.15) is 17.3 Å². The Kier molecular flexibility index (Phi) is 5.57. The minimum atomic E-state index is -0.662. The molecule has 0 unspecified atom stereocenters. The summed E-state index contributed by atoms with van der Waals surface area (Å²) in [7, 11) is 1.48. The molecule has 0 saturated carbocycles. The third-order valence-corrected chi connectivity index (χ3v) is 3.83. The smallest absolute Gasteiger partial charge is 0.255 e. The van der Waals surface area contributed by atoms with E-state index in [4.69, 9.17) is 39.5 Å². The van der Waals surface area contributed by atoms with Gasteiger partial charge in [0.25, 0.3) is 5.91 Å². The molecule has 1 rings (SSSR count). The molecular weight excluding hydrogens is 296 g/mol. The zero-order valence-electron chi connectivity index (χ0n) is 10.1. The van der Waals surface area contributed by atoms with Crippen LogP contribution in [0.4, 0.5) is 0 Å². The van der Waals surface area contributed by atoms with Gasteiger partial charge in [-0.2, -0.15) is 0 Å². The van der Waals surface area contributed by atoms with Crippen LogP contribution in [-0.4, -0.2) is 30.3 Å². The number of amides is 1. The van der Waals surface area contributed by atoms with Crippen molar-refractivity contribution in [3.63, 3.8) is 0 Å². The van der Waals surface area contributed by atoms with Crippen LogP contribution in [0.25, 0.3) is 0 Å². The molecule has 0 bridgehead atoms. The summed E-state index contributed by atoms with van der Waals surface area (Å²) in [5.41, 5.74) is -0.270. The molecule has 0 radical (unpaired) electrons. The number of benzene rings is 1. The van der Waals surface area contributed by atoms with Gasteiger partial charge in [0.15, 0.2) is 0 Å². The van der Waals surface area contributed by atoms with E-state index in [-0.39, 0.29) is 17.7 Å². The number of methoxy groups -OCH3 is 1. The van der Waals surface area contributed by atoms with Gasteiger partial charge in [0, 0.05) is 16.8 Å². The SMILES string of the molecule is COc1cc(Cl)ccc1C(=O)NC(C)(CCl)CCl. The van der Waals surface area contributed by atoms with E-state index in [2.05, 4.69) is 5.32 Å². The highest BCUT2D eigenvalue weighted by atomic mass is 35.5. The van der Waals surface area contributed by atoms with E-state index in [0.717, 1.165) is 0 Å². The third-order valence-electron chi connectivity index (χ3n) is 2.41. The molecule has 0 atom stereocenters. The molecule has 6 heteroatoms. The number of hydrogen-bond acceptors (Lipinski definition) is 2. The van der Waals surface area contributed by atoms with Crippen molar-refractivity contribution < 1.29 is 9.53 Å². The number of rotatable bonds is 5. The predicted molar refractivity (Wildman–Crippen MR) is 75.3 cm³/mol. The highest BCUT2D eigenvalue weighted by Gasteiger charge is 2.26. The third kappa shape index (κ3) is 3.67. The lowest BCUT2D eigenvalue weighted by Gasteiger charge is -2.26. The maximum atomic E-state index is 12.1. The molecular formula is C12H14Cl3NO2. The first-order valence-electron chi connectivity index (χ1n) is 5.24. The molecule has 1 amide bonds. The predicted octanol–water partition coefficient (Wildman–Crippen LogP) is 3.31. The van der Waals surface area contributed by atoms with Gasteiger partial charge < -0.3 is 10.1 Å². The van der Waals surface area contributed by atoms with Crippen molar-refractivity contribution in [2.24, 2.45) is 0 Å². The summed E-state index contributed by atoms with van der Waals surface area (Å²) in [4.78, 5) is 12.1. The van der Waals surface area contributed by atoms with Crippen molar-refractivity contribution in [3.8, 4) is 5.75 Å². The average molecular weight is 311 g/mol. The summed E-state index contributed by atoms with van der Waals surface area (Å²) in [5, 5.41) is 3.28. The Balaban J connectivity index is 2.97. The van der Waals surface area contributed by atoms with Crippen LogP contribution in [0.5, 0.6) is 5.75 Å². The minimum absolute atomic E-state index is 0.220. The molecule has 0 heterocycles. The topological polar surface area (TPSA) is 38.3 Å². The molecule has 1 aromatic carbocycles. The first kappa shape index (κ1) is 15.4. The zero-order valence-corrected chi connectivity index (χ0v) is 12.4. The van der Waals surface area contributed by atoms with Crippen molar-refractivity contribution in [3.05, 3.63) is 28.8 Å². The van der Waals surface area contributed by atoms with Crippen LogP contribution in [0.15, 0.2) is 18.2 Å². The largest absolute Gasteiger partial charge is 0.496 e. The van der Waals surface area contributed by atoms with Crippen LogP contribution in [0.2, 0.25) is 5.02 Å². The molecule has 0 aliphatic carbocycles. The van der Waals surface area contributed by atoms with E-state index in [1.54, 1.807) is 25.1 Å². The quantitative estimate of drug-likeness (QED) is 0.847. The van der Waals surface area contributed by atoms with E-state index in [0.29, 0.717) is 16.3 Å². The van der Waals surface area contributed by atoms with Gasteiger partial charge in [-0.3, -0.25) is 4.79 Å². The Morgan fingerprint density at radius 2 is 2.00 bits per heavy atom. The van der Waals surface area contributed by atoms with Gasteiger partial charge in [-0.25, -0.2) is 0 Å². The molecule has 1 aromatic rings.